The summed E-state index contributed by atoms with van der Waals surface area (Å²) in [6, 6.07) is -0.113. The van der Waals surface area contributed by atoms with Crippen LogP contribution < -0.4 is 11.2 Å². The Morgan fingerprint density at radius 1 is 1.30 bits per heavy atom. The molecule has 0 bridgehead atoms. The molecule has 1 aliphatic rings. The average molecular weight is 342 g/mol. The number of thiophene rings is 1. The van der Waals surface area contributed by atoms with Crippen LogP contribution in [0.5, 0.6) is 0 Å². The zero-order valence-electron chi connectivity index (χ0n) is 12.8. The monoisotopic (exact) mass is 342 g/mol. The molecule has 0 unspecified atom stereocenters. The molecule has 0 aliphatic heterocycles. The van der Waals surface area contributed by atoms with Crippen molar-refractivity contribution in [2.24, 2.45) is 0 Å². The fourth-order valence-corrected chi connectivity index (χ4v) is 3.93. The van der Waals surface area contributed by atoms with E-state index in [-0.39, 0.29) is 35.0 Å². The zero-order chi connectivity index (χ0) is 16.9. The normalized spacial score (nSPS) is 15.5. The summed E-state index contributed by atoms with van der Waals surface area (Å²) in [5, 5.41) is 28.7. The van der Waals surface area contributed by atoms with Crippen LogP contribution in [-0.2, 0) is 17.3 Å². The van der Waals surface area contributed by atoms with Crippen LogP contribution in [0.2, 0.25) is 0 Å². The molecule has 23 heavy (non-hydrogen) atoms. The van der Waals surface area contributed by atoms with E-state index in [1.807, 2.05) is 0 Å². The third-order valence-electron chi connectivity index (χ3n) is 3.98. The van der Waals surface area contributed by atoms with Gasteiger partial charge in [-0.3, -0.25) is 13.9 Å². The molecule has 3 N–H and O–H groups in total. The highest BCUT2D eigenvalue weighted by Gasteiger charge is 2.33. The van der Waals surface area contributed by atoms with Gasteiger partial charge in [0.15, 0.2) is 0 Å². The first-order valence-corrected chi connectivity index (χ1v) is 8.04. The molecule has 0 saturated heterocycles. The van der Waals surface area contributed by atoms with E-state index in [1.54, 1.807) is 0 Å². The minimum absolute atomic E-state index is 0.113. The Kier molecular flexibility index (Phi) is 3.93. The van der Waals surface area contributed by atoms with Crippen LogP contribution in [0.15, 0.2) is 9.59 Å². The number of aryl methyl sites for hydroxylation is 1. The predicted octanol–water partition coefficient (Wildman–Crippen LogP) is -0.398. The molecule has 1 aliphatic carbocycles. The van der Waals surface area contributed by atoms with Crippen molar-refractivity contribution in [1.29, 1.82) is 0 Å². The van der Waals surface area contributed by atoms with Crippen molar-refractivity contribution in [1.82, 2.24) is 9.13 Å². The Labute approximate surface area is 134 Å². The Morgan fingerprint density at radius 2 is 1.96 bits per heavy atom. The molecule has 9 heteroatoms. The van der Waals surface area contributed by atoms with Gasteiger partial charge in [-0.15, -0.1) is 11.3 Å². The number of ether oxygens (including phenoxy) is 1. The van der Waals surface area contributed by atoms with Crippen molar-refractivity contribution in [2.75, 3.05) is 13.7 Å². The van der Waals surface area contributed by atoms with Gasteiger partial charge < -0.3 is 20.1 Å². The molecule has 2 aromatic heterocycles. The molecular weight excluding hydrogens is 324 g/mol. The van der Waals surface area contributed by atoms with Crippen molar-refractivity contribution in [3.05, 3.63) is 31.3 Å². The first-order valence-electron chi connectivity index (χ1n) is 7.22. The maximum absolute atomic E-state index is 12.7. The summed E-state index contributed by atoms with van der Waals surface area (Å²) in [6.07, 6.45) is 1.54. The van der Waals surface area contributed by atoms with Crippen LogP contribution in [-0.4, -0.2) is 38.2 Å². The highest BCUT2D eigenvalue weighted by atomic mass is 32.1. The van der Waals surface area contributed by atoms with E-state index in [0.717, 1.165) is 24.2 Å². The SMILES string of the molecule is COCCn1c(=O)n(C2CC2)c(=O)c2c(C)c(C(O)(O)O)sc21. The number of fused-ring (bicyclic) bond motifs is 1. The second-order valence-corrected chi connectivity index (χ2v) is 6.70. The summed E-state index contributed by atoms with van der Waals surface area (Å²) in [4.78, 5) is 25.5. The van der Waals surface area contributed by atoms with E-state index in [2.05, 4.69) is 0 Å². The van der Waals surface area contributed by atoms with Crippen LogP contribution in [0, 0.1) is 6.92 Å². The summed E-state index contributed by atoms with van der Waals surface area (Å²) in [5.74, 6) is -3.05. The van der Waals surface area contributed by atoms with Crippen LogP contribution in [0.3, 0.4) is 0 Å². The van der Waals surface area contributed by atoms with Crippen molar-refractivity contribution in [3.8, 4) is 0 Å². The van der Waals surface area contributed by atoms with E-state index < -0.39 is 17.2 Å². The molecule has 0 spiro atoms. The van der Waals surface area contributed by atoms with E-state index in [9.17, 15) is 24.9 Å². The molecule has 0 amide bonds. The fraction of sp³-hybridized carbons (Fsp3) is 0.571. The van der Waals surface area contributed by atoms with E-state index in [0.29, 0.717) is 4.83 Å². The van der Waals surface area contributed by atoms with Gasteiger partial charge in [-0.2, -0.15) is 0 Å². The van der Waals surface area contributed by atoms with Gasteiger partial charge >= 0.3 is 11.7 Å². The van der Waals surface area contributed by atoms with Gasteiger partial charge in [-0.1, -0.05) is 0 Å². The topological polar surface area (TPSA) is 114 Å². The van der Waals surface area contributed by atoms with Crippen molar-refractivity contribution in [3.63, 3.8) is 0 Å². The third kappa shape index (κ3) is 2.64. The zero-order valence-corrected chi connectivity index (χ0v) is 13.6. The molecule has 126 valence electrons. The molecule has 2 heterocycles. The van der Waals surface area contributed by atoms with E-state index in [1.165, 1.54) is 23.2 Å². The van der Waals surface area contributed by atoms with Gasteiger partial charge in [0.05, 0.1) is 23.4 Å². The predicted molar refractivity (Wildman–Crippen MR) is 83.6 cm³/mol. The maximum Gasteiger partial charge on any atom is 0.332 e. The summed E-state index contributed by atoms with van der Waals surface area (Å²) in [6.45, 7) is 2.02. The first kappa shape index (κ1) is 16.3. The molecule has 2 aromatic rings. The lowest BCUT2D eigenvalue weighted by atomic mass is 10.2. The smallest absolute Gasteiger partial charge is 0.332 e. The quantitative estimate of drug-likeness (QED) is 0.637. The lowest BCUT2D eigenvalue weighted by molar-refractivity contribution is -0.321. The number of nitrogens with zero attached hydrogens (tertiary/aromatic N) is 2. The minimum atomic E-state index is -3.05. The molecule has 0 aromatic carbocycles. The molecule has 8 nitrogen and oxygen atoms in total. The van der Waals surface area contributed by atoms with Crippen LogP contribution in [0.25, 0.3) is 10.2 Å². The van der Waals surface area contributed by atoms with Crippen LogP contribution >= 0.6 is 11.3 Å². The number of hydrogen-bond donors (Lipinski definition) is 3. The second-order valence-electron chi connectivity index (χ2n) is 5.71. The van der Waals surface area contributed by atoms with Gasteiger partial charge in [0.25, 0.3) is 5.56 Å². The first-order chi connectivity index (χ1) is 10.8. The van der Waals surface area contributed by atoms with Crippen molar-refractivity contribution < 1.29 is 20.1 Å². The third-order valence-corrected chi connectivity index (χ3v) is 5.38. The Hall–Kier alpha value is -1.52. The molecule has 1 fully saturated rings. The summed E-state index contributed by atoms with van der Waals surface area (Å²) in [5.41, 5.74) is -0.622. The minimum Gasteiger partial charge on any atom is -0.383 e. The van der Waals surface area contributed by atoms with Gasteiger partial charge in [-0.25, -0.2) is 4.79 Å². The number of aromatic nitrogens is 2. The fourth-order valence-electron chi connectivity index (χ4n) is 2.72. The number of hydrogen-bond acceptors (Lipinski definition) is 7. The van der Waals surface area contributed by atoms with Gasteiger partial charge in [0.1, 0.15) is 4.83 Å². The summed E-state index contributed by atoms with van der Waals surface area (Å²) in [7, 11) is 1.50. The highest BCUT2D eigenvalue weighted by Crippen LogP contribution is 2.36. The summed E-state index contributed by atoms with van der Waals surface area (Å²) >= 11 is 0.821. The van der Waals surface area contributed by atoms with Crippen molar-refractivity contribution >= 4 is 21.6 Å². The largest absolute Gasteiger partial charge is 0.383 e. The van der Waals surface area contributed by atoms with E-state index in [4.69, 9.17) is 4.74 Å². The molecule has 0 radical (unpaired) electrons. The van der Waals surface area contributed by atoms with Crippen LogP contribution in [0.4, 0.5) is 0 Å². The van der Waals surface area contributed by atoms with Gasteiger partial charge in [0, 0.05) is 13.2 Å². The van der Waals surface area contributed by atoms with Gasteiger partial charge in [-0.05, 0) is 25.3 Å². The molecule has 1 saturated carbocycles. The van der Waals surface area contributed by atoms with E-state index >= 15 is 0 Å². The molecule has 3 rings (SSSR count). The summed E-state index contributed by atoms with van der Waals surface area (Å²) < 4.78 is 7.62. The maximum atomic E-state index is 12.7. The number of aliphatic hydroxyl groups is 3. The Bertz CT molecular complexity index is 868. The number of rotatable bonds is 5. The standard InChI is InChI=1S/C14H18N2O6S/c1-7-9-11(17)16(8-3-4-8)13(18)15(5-6-22-2)12(9)23-10(7)14(19,20)21/h8,19-21H,3-6H2,1-2H3. The lowest BCUT2D eigenvalue weighted by Crippen LogP contribution is -2.39. The molecule has 0 atom stereocenters. The van der Waals surface area contributed by atoms with Gasteiger partial charge in [0.2, 0.25) is 0 Å². The second kappa shape index (κ2) is 5.53. The Morgan fingerprint density at radius 3 is 2.48 bits per heavy atom. The highest BCUT2D eigenvalue weighted by molar-refractivity contribution is 7.19. The van der Waals surface area contributed by atoms with Crippen LogP contribution in [0.1, 0.15) is 29.3 Å². The lowest BCUT2D eigenvalue weighted by Gasteiger charge is -2.12. The average Bonchev–Trinajstić information content (AvgIpc) is 3.21. The Balaban J connectivity index is 2.39. The van der Waals surface area contributed by atoms with Crippen molar-refractivity contribution in [2.45, 2.75) is 38.3 Å². The number of methoxy groups -OCH3 is 1. The molecular formula is C14H18N2O6S.